The Morgan fingerprint density at radius 3 is 2.68 bits per heavy atom. The van der Waals surface area contributed by atoms with E-state index >= 15 is 0 Å². The zero-order valence-electron chi connectivity index (χ0n) is 18.5. The second kappa shape index (κ2) is 11.0. The maximum atomic E-state index is 13.1. The number of thioether (sulfide) groups is 1. The normalized spacial score (nSPS) is 17.7. The number of hydrogen-bond donors (Lipinski definition) is 0. The molecule has 164 valence electrons. The fourth-order valence-electron chi connectivity index (χ4n) is 3.33. The molecule has 0 aliphatic carbocycles. The number of amides is 1. The Kier molecular flexibility index (Phi) is 8.12. The number of hydrogen-bond acceptors (Lipinski definition) is 6. The lowest BCUT2D eigenvalue weighted by Crippen LogP contribution is -2.31. The topological polar surface area (TPSA) is 63.5 Å². The van der Waals surface area contributed by atoms with Gasteiger partial charge in [0.25, 0.3) is 0 Å². The summed E-state index contributed by atoms with van der Waals surface area (Å²) in [4.78, 5) is 14.8. The van der Waals surface area contributed by atoms with Crippen LogP contribution in [0.2, 0.25) is 0 Å². The highest BCUT2D eigenvalue weighted by atomic mass is 32.2. The molecule has 1 atom stereocenters. The Morgan fingerprint density at radius 2 is 1.97 bits per heavy atom. The second-order valence-corrected chi connectivity index (χ2v) is 8.50. The van der Waals surface area contributed by atoms with Gasteiger partial charge in [0, 0.05) is 11.6 Å². The molecule has 0 unspecified atom stereocenters. The molecule has 3 rings (SSSR count). The van der Waals surface area contributed by atoms with E-state index in [-0.39, 0.29) is 11.2 Å². The first-order valence-electron chi connectivity index (χ1n) is 10.4. The van der Waals surface area contributed by atoms with Gasteiger partial charge in [0.05, 0.1) is 32.2 Å². The fraction of sp³-hybridized carbons (Fsp3) is 0.375. The van der Waals surface area contributed by atoms with Crippen LogP contribution in [0.3, 0.4) is 0 Å². The number of nitrogens with zero attached hydrogens (tertiary/aromatic N) is 3. The first-order valence-corrected chi connectivity index (χ1v) is 11.3. The summed E-state index contributed by atoms with van der Waals surface area (Å²) < 4.78 is 10.6. The van der Waals surface area contributed by atoms with Crippen molar-refractivity contribution in [3.05, 3.63) is 59.2 Å². The highest BCUT2D eigenvalue weighted by molar-refractivity contribution is 8.15. The molecule has 1 fully saturated rings. The van der Waals surface area contributed by atoms with Gasteiger partial charge in [-0.15, -0.1) is 5.10 Å². The van der Waals surface area contributed by atoms with Crippen molar-refractivity contribution < 1.29 is 14.3 Å². The lowest BCUT2D eigenvalue weighted by atomic mass is 10.1. The average molecular weight is 440 g/mol. The molecule has 0 aromatic heterocycles. The van der Waals surface area contributed by atoms with Gasteiger partial charge in [-0.25, -0.2) is 0 Å². The third kappa shape index (κ3) is 5.67. The van der Waals surface area contributed by atoms with Crippen LogP contribution in [-0.2, 0) is 11.3 Å². The molecule has 1 heterocycles. The van der Waals surface area contributed by atoms with Crippen molar-refractivity contribution in [2.75, 3.05) is 14.2 Å². The third-order valence-corrected chi connectivity index (χ3v) is 6.45. The van der Waals surface area contributed by atoms with E-state index in [4.69, 9.17) is 9.47 Å². The monoisotopic (exact) mass is 439 g/mol. The van der Waals surface area contributed by atoms with Crippen molar-refractivity contribution in [2.45, 2.75) is 44.9 Å². The number of carbonyl (C=O) groups is 1. The molecule has 0 bridgehead atoms. The van der Waals surface area contributed by atoms with Crippen LogP contribution in [-0.4, -0.2) is 41.7 Å². The molecule has 2 aromatic rings. The Morgan fingerprint density at radius 1 is 1.16 bits per heavy atom. The number of carbonyl (C=O) groups excluding carboxylic acids is 1. The molecule has 6 nitrogen and oxygen atoms in total. The molecule has 0 spiro atoms. The predicted molar refractivity (Wildman–Crippen MR) is 127 cm³/mol. The lowest BCUT2D eigenvalue weighted by Gasteiger charge is -2.17. The summed E-state index contributed by atoms with van der Waals surface area (Å²) in [6.45, 7) is 4.70. The molecule has 1 amide bonds. The zero-order valence-corrected chi connectivity index (χ0v) is 19.3. The maximum absolute atomic E-state index is 13.1. The molecule has 2 aromatic carbocycles. The van der Waals surface area contributed by atoms with Crippen molar-refractivity contribution in [2.24, 2.45) is 10.2 Å². The van der Waals surface area contributed by atoms with Gasteiger partial charge in [0.1, 0.15) is 11.5 Å². The Hall–Kier alpha value is -2.80. The summed E-state index contributed by atoms with van der Waals surface area (Å²) in [6, 6.07) is 13.6. The SMILES string of the molecule is CCCC[C@@H]1S/C(=N/N=C\c2ccc(OC)cc2OC)N(Cc2ccccc2C)C1=O. The highest BCUT2D eigenvalue weighted by Gasteiger charge is 2.37. The largest absolute Gasteiger partial charge is 0.497 e. The van der Waals surface area contributed by atoms with Gasteiger partial charge < -0.3 is 9.47 Å². The molecule has 1 aliphatic heterocycles. The zero-order chi connectivity index (χ0) is 22.2. The third-order valence-electron chi connectivity index (χ3n) is 5.21. The van der Waals surface area contributed by atoms with Gasteiger partial charge in [0.2, 0.25) is 5.91 Å². The van der Waals surface area contributed by atoms with Crippen molar-refractivity contribution in [1.82, 2.24) is 4.90 Å². The first-order chi connectivity index (χ1) is 15.1. The molecular formula is C24H29N3O3S. The Balaban J connectivity index is 1.84. The molecule has 1 aliphatic rings. The van der Waals surface area contributed by atoms with Gasteiger partial charge in [-0.05, 0) is 36.6 Å². The smallest absolute Gasteiger partial charge is 0.242 e. The summed E-state index contributed by atoms with van der Waals surface area (Å²) in [5.74, 6) is 1.47. The summed E-state index contributed by atoms with van der Waals surface area (Å²) >= 11 is 1.50. The number of benzene rings is 2. The van der Waals surface area contributed by atoms with E-state index in [1.165, 1.54) is 11.8 Å². The van der Waals surface area contributed by atoms with E-state index < -0.39 is 0 Å². The number of ether oxygens (including phenoxy) is 2. The average Bonchev–Trinajstić information content (AvgIpc) is 3.08. The molecular weight excluding hydrogens is 410 g/mol. The van der Waals surface area contributed by atoms with Gasteiger partial charge >= 0.3 is 0 Å². The van der Waals surface area contributed by atoms with E-state index in [0.29, 0.717) is 23.2 Å². The van der Waals surface area contributed by atoms with E-state index in [1.807, 2.05) is 24.3 Å². The van der Waals surface area contributed by atoms with Crippen molar-refractivity contribution in [3.8, 4) is 11.5 Å². The van der Waals surface area contributed by atoms with Crippen LogP contribution < -0.4 is 9.47 Å². The van der Waals surface area contributed by atoms with Gasteiger partial charge in [-0.2, -0.15) is 5.10 Å². The molecule has 0 radical (unpaired) electrons. The second-order valence-electron chi connectivity index (χ2n) is 7.33. The minimum absolute atomic E-state index is 0.103. The standard InChI is InChI=1S/C24H29N3O3S/c1-5-6-11-22-23(28)27(16-19-10-8-7-9-17(19)2)24(31-22)26-25-15-18-12-13-20(29-3)14-21(18)30-4/h7-10,12-15,22H,5-6,11,16H2,1-4H3/b25-15-,26-24+/t22-/m0/s1. The van der Waals surface area contributed by atoms with Crippen LogP contribution in [0.4, 0.5) is 0 Å². The maximum Gasteiger partial charge on any atom is 0.242 e. The number of methoxy groups -OCH3 is 2. The van der Waals surface area contributed by atoms with E-state index in [1.54, 1.807) is 31.4 Å². The summed E-state index contributed by atoms with van der Waals surface area (Å²) in [5, 5.41) is 9.23. The van der Waals surface area contributed by atoms with Gasteiger partial charge in [0.15, 0.2) is 5.17 Å². The minimum Gasteiger partial charge on any atom is -0.497 e. The Bertz CT molecular complexity index is 974. The Labute approximate surface area is 188 Å². The number of unbranched alkanes of at least 4 members (excludes halogenated alkanes) is 1. The van der Waals surface area contributed by atoms with Gasteiger partial charge in [-0.3, -0.25) is 9.69 Å². The quantitative estimate of drug-likeness (QED) is 0.406. The van der Waals surface area contributed by atoms with Crippen LogP contribution in [0.5, 0.6) is 11.5 Å². The molecule has 7 heteroatoms. The summed E-state index contributed by atoms with van der Waals surface area (Å²) in [5.41, 5.74) is 3.05. The van der Waals surface area contributed by atoms with Crippen molar-refractivity contribution in [1.29, 1.82) is 0 Å². The molecule has 0 N–H and O–H groups in total. The van der Waals surface area contributed by atoms with Crippen LogP contribution in [0, 0.1) is 6.92 Å². The summed E-state index contributed by atoms with van der Waals surface area (Å²) in [6.07, 6.45) is 4.56. The number of amidine groups is 1. The molecule has 0 saturated carbocycles. The minimum atomic E-state index is -0.103. The number of rotatable bonds is 9. The van der Waals surface area contributed by atoms with E-state index in [9.17, 15) is 4.79 Å². The van der Waals surface area contributed by atoms with E-state index in [0.717, 1.165) is 36.0 Å². The van der Waals surface area contributed by atoms with Crippen LogP contribution in [0.25, 0.3) is 0 Å². The number of aryl methyl sites for hydroxylation is 1. The van der Waals surface area contributed by atoms with Crippen LogP contribution in [0.1, 0.15) is 42.9 Å². The lowest BCUT2D eigenvalue weighted by molar-refractivity contribution is -0.126. The van der Waals surface area contributed by atoms with Crippen LogP contribution >= 0.6 is 11.8 Å². The molecule has 1 saturated heterocycles. The molecule has 31 heavy (non-hydrogen) atoms. The predicted octanol–water partition coefficient (Wildman–Crippen LogP) is 5.04. The van der Waals surface area contributed by atoms with Crippen LogP contribution in [0.15, 0.2) is 52.7 Å². The van der Waals surface area contributed by atoms with E-state index in [2.05, 4.69) is 36.2 Å². The van der Waals surface area contributed by atoms with Gasteiger partial charge in [-0.1, -0.05) is 55.8 Å². The highest BCUT2D eigenvalue weighted by Crippen LogP contribution is 2.32. The fourth-order valence-corrected chi connectivity index (χ4v) is 4.47. The van der Waals surface area contributed by atoms with Crippen molar-refractivity contribution in [3.63, 3.8) is 0 Å². The summed E-state index contributed by atoms with van der Waals surface area (Å²) in [7, 11) is 3.21. The first kappa shape index (κ1) is 22.9. The van der Waals surface area contributed by atoms with Crippen molar-refractivity contribution >= 4 is 29.1 Å².